The monoisotopic (exact) mass is 702 g/mol. The van der Waals surface area contributed by atoms with Gasteiger partial charge in [0, 0.05) is 44.5 Å². The Morgan fingerprint density at radius 2 is 0.927 bits per heavy atom. The van der Waals surface area contributed by atoms with Crippen LogP contribution < -0.4 is 9.64 Å². The van der Waals surface area contributed by atoms with E-state index in [2.05, 4.69) is 204 Å². The highest BCUT2D eigenvalue weighted by molar-refractivity contribution is 6.11. The predicted octanol–water partition coefficient (Wildman–Crippen LogP) is 14.5. The van der Waals surface area contributed by atoms with Crippen molar-refractivity contribution in [1.29, 1.82) is 0 Å². The van der Waals surface area contributed by atoms with E-state index < -0.39 is 0 Å². The molecular formula is C52H34N2O. The van der Waals surface area contributed by atoms with E-state index in [4.69, 9.17) is 4.74 Å². The van der Waals surface area contributed by atoms with Crippen molar-refractivity contribution in [2.75, 3.05) is 4.90 Å². The van der Waals surface area contributed by atoms with Gasteiger partial charge in [-0.05, 0) is 106 Å². The molecule has 3 heteroatoms. The quantitative estimate of drug-likeness (QED) is 0.172. The van der Waals surface area contributed by atoms with Crippen LogP contribution in [-0.4, -0.2) is 4.57 Å². The summed E-state index contributed by atoms with van der Waals surface area (Å²) in [6.45, 7) is 0. The average molecular weight is 703 g/mol. The van der Waals surface area contributed by atoms with Gasteiger partial charge in [0.1, 0.15) is 11.5 Å². The molecule has 0 bridgehead atoms. The fourth-order valence-electron chi connectivity index (χ4n) is 8.46. The molecule has 3 nitrogen and oxygen atoms in total. The van der Waals surface area contributed by atoms with Crippen LogP contribution in [-0.2, 0) is 0 Å². The Kier molecular flexibility index (Phi) is 7.17. The third-order valence-corrected chi connectivity index (χ3v) is 11.0. The summed E-state index contributed by atoms with van der Waals surface area (Å²) in [5.41, 5.74) is 13.9. The summed E-state index contributed by atoms with van der Waals surface area (Å²) in [5, 5.41) is 4.79. The molecule has 1 aliphatic heterocycles. The highest BCUT2D eigenvalue weighted by Crippen LogP contribution is 2.49. The minimum Gasteiger partial charge on any atom is -0.456 e. The summed E-state index contributed by atoms with van der Waals surface area (Å²) < 4.78 is 8.77. The van der Waals surface area contributed by atoms with Gasteiger partial charge in [0.2, 0.25) is 0 Å². The lowest BCUT2D eigenvalue weighted by molar-refractivity contribution is 0.487. The second-order valence-corrected chi connectivity index (χ2v) is 14.1. The molecule has 1 aromatic heterocycles. The molecular weight excluding hydrogens is 669 g/mol. The number of aromatic nitrogens is 1. The summed E-state index contributed by atoms with van der Waals surface area (Å²) in [5.74, 6) is 1.80. The summed E-state index contributed by atoms with van der Waals surface area (Å²) in [6.07, 6.45) is 0. The lowest BCUT2D eigenvalue weighted by Gasteiger charge is -2.26. The minimum absolute atomic E-state index is 0.902. The largest absolute Gasteiger partial charge is 0.456 e. The van der Waals surface area contributed by atoms with E-state index in [0.717, 1.165) is 50.8 Å². The van der Waals surface area contributed by atoms with Crippen molar-refractivity contribution in [3.8, 4) is 50.6 Å². The highest BCUT2D eigenvalue weighted by atomic mass is 16.5. The van der Waals surface area contributed by atoms with Gasteiger partial charge >= 0.3 is 0 Å². The number of rotatable bonds is 6. The van der Waals surface area contributed by atoms with Crippen molar-refractivity contribution in [3.05, 3.63) is 206 Å². The van der Waals surface area contributed by atoms with E-state index in [9.17, 15) is 0 Å². The van der Waals surface area contributed by atoms with Crippen molar-refractivity contribution >= 4 is 49.6 Å². The molecule has 0 amide bonds. The molecule has 0 saturated carbocycles. The van der Waals surface area contributed by atoms with Crippen LogP contribution in [0.2, 0.25) is 0 Å². The molecule has 11 rings (SSSR count). The SMILES string of the molecule is c1ccc(-c2ccc(N(c3ccc(-c4ccc5c6c(cccc46)Oc4ccccc4-5)cc3)c3ccc4c(c3)c3ccccc3n4-c3ccccc3)cc2)cc1. The Labute approximate surface area is 319 Å². The maximum atomic E-state index is 6.40. The second-order valence-electron chi connectivity index (χ2n) is 14.1. The van der Waals surface area contributed by atoms with Gasteiger partial charge in [-0.3, -0.25) is 0 Å². The Morgan fingerprint density at radius 1 is 0.345 bits per heavy atom. The molecule has 1 aliphatic rings. The second kappa shape index (κ2) is 12.6. The summed E-state index contributed by atoms with van der Waals surface area (Å²) in [6, 6.07) is 73.9. The number of para-hydroxylation sites is 3. The zero-order chi connectivity index (χ0) is 36.3. The summed E-state index contributed by atoms with van der Waals surface area (Å²) in [4.78, 5) is 2.37. The average Bonchev–Trinajstić information content (AvgIpc) is 3.59. The van der Waals surface area contributed by atoms with Crippen molar-refractivity contribution in [1.82, 2.24) is 4.57 Å². The van der Waals surface area contributed by atoms with Gasteiger partial charge in [0.25, 0.3) is 0 Å². The first kappa shape index (κ1) is 31.2. The predicted molar refractivity (Wildman–Crippen MR) is 229 cm³/mol. The third-order valence-electron chi connectivity index (χ3n) is 11.0. The molecule has 0 N–H and O–H groups in total. The number of hydrogen-bond acceptors (Lipinski definition) is 2. The van der Waals surface area contributed by atoms with Crippen molar-refractivity contribution in [2.24, 2.45) is 0 Å². The Morgan fingerprint density at radius 3 is 1.73 bits per heavy atom. The van der Waals surface area contributed by atoms with Gasteiger partial charge < -0.3 is 14.2 Å². The first-order valence-corrected chi connectivity index (χ1v) is 18.8. The van der Waals surface area contributed by atoms with Gasteiger partial charge in [0.15, 0.2) is 0 Å². The molecule has 0 spiro atoms. The van der Waals surface area contributed by atoms with Crippen LogP contribution in [0.15, 0.2) is 206 Å². The molecule has 0 radical (unpaired) electrons. The van der Waals surface area contributed by atoms with E-state index in [0.29, 0.717) is 0 Å². The van der Waals surface area contributed by atoms with Gasteiger partial charge in [-0.15, -0.1) is 0 Å². The molecule has 258 valence electrons. The number of nitrogens with zero attached hydrogens (tertiary/aromatic N) is 2. The molecule has 0 aliphatic carbocycles. The van der Waals surface area contributed by atoms with Crippen LogP contribution >= 0.6 is 0 Å². The zero-order valence-corrected chi connectivity index (χ0v) is 29.9. The zero-order valence-electron chi connectivity index (χ0n) is 29.9. The normalized spacial score (nSPS) is 11.8. The number of fused-ring (bicyclic) bond motifs is 5. The fraction of sp³-hybridized carbons (Fsp3) is 0. The van der Waals surface area contributed by atoms with Crippen molar-refractivity contribution in [3.63, 3.8) is 0 Å². The number of hydrogen-bond donors (Lipinski definition) is 0. The molecule has 10 aromatic rings. The Bertz CT molecular complexity index is 3040. The van der Waals surface area contributed by atoms with Crippen LogP contribution in [0.25, 0.3) is 71.6 Å². The third kappa shape index (κ3) is 5.13. The van der Waals surface area contributed by atoms with Crippen LogP contribution in [0.5, 0.6) is 11.5 Å². The van der Waals surface area contributed by atoms with E-state index >= 15 is 0 Å². The maximum Gasteiger partial charge on any atom is 0.135 e. The van der Waals surface area contributed by atoms with E-state index in [1.807, 2.05) is 12.1 Å². The number of benzene rings is 9. The Balaban J connectivity index is 1.05. The molecule has 0 saturated heterocycles. The number of ether oxygens (including phenoxy) is 1. The first-order valence-electron chi connectivity index (χ1n) is 18.8. The van der Waals surface area contributed by atoms with E-state index in [-0.39, 0.29) is 0 Å². The highest BCUT2D eigenvalue weighted by Gasteiger charge is 2.22. The van der Waals surface area contributed by atoms with Crippen LogP contribution in [0.4, 0.5) is 17.1 Å². The summed E-state index contributed by atoms with van der Waals surface area (Å²) in [7, 11) is 0. The lowest BCUT2D eigenvalue weighted by Crippen LogP contribution is -2.10. The molecule has 0 fully saturated rings. The first-order chi connectivity index (χ1) is 27.3. The summed E-state index contributed by atoms with van der Waals surface area (Å²) >= 11 is 0. The van der Waals surface area contributed by atoms with Crippen LogP contribution in [0.3, 0.4) is 0 Å². The van der Waals surface area contributed by atoms with Gasteiger partial charge in [-0.2, -0.15) is 0 Å². The van der Waals surface area contributed by atoms with E-state index in [1.165, 1.54) is 49.4 Å². The van der Waals surface area contributed by atoms with Crippen LogP contribution in [0, 0.1) is 0 Å². The van der Waals surface area contributed by atoms with E-state index in [1.54, 1.807) is 0 Å². The molecule has 55 heavy (non-hydrogen) atoms. The topological polar surface area (TPSA) is 17.4 Å². The van der Waals surface area contributed by atoms with Gasteiger partial charge in [-0.25, -0.2) is 0 Å². The minimum atomic E-state index is 0.902. The fourth-order valence-corrected chi connectivity index (χ4v) is 8.46. The van der Waals surface area contributed by atoms with Gasteiger partial charge in [-0.1, -0.05) is 133 Å². The van der Waals surface area contributed by atoms with Crippen molar-refractivity contribution < 1.29 is 4.74 Å². The lowest BCUT2D eigenvalue weighted by atomic mass is 9.90. The Hall–Kier alpha value is -7.36. The van der Waals surface area contributed by atoms with Crippen LogP contribution in [0.1, 0.15) is 0 Å². The number of anilines is 3. The molecule has 2 heterocycles. The molecule has 0 atom stereocenters. The van der Waals surface area contributed by atoms with Gasteiger partial charge in [0.05, 0.1) is 11.0 Å². The molecule has 0 unspecified atom stereocenters. The van der Waals surface area contributed by atoms with Crippen molar-refractivity contribution in [2.45, 2.75) is 0 Å². The molecule has 9 aromatic carbocycles. The maximum absolute atomic E-state index is 6.40. The smallest absolute Gasteiger partial charge is 0.135 e. The standard InChI is InChI=1S/C52H34N2O/c1-3-12-35(13-4-1)36-22-26-39(27-23-36)53(41-30-33-49-47(34-41)43-16-7-9-19-48(43)54(49)38-14-5-2-6-15-38)40-28-24-37(25-29-40)42-31-32-46-44-17-8-10-20-50(44)55-51-21-11-18-45(42)52(46)51/h1-34H.